The van der Waals surface area contributed by atoms with Crippen LogP contribution in [-0.2, 0) is 17.4 Å². The van der Waals surface area contributed by atoms with Crippen molar-refractivity contribution >= 4 is 72.7 Å². The molecule has 0 amide bonds. The fraction of sp³-hybridized carbons (Fsp3) is 0.973. The van der Waals surface area contributed by atoms with Crippen LogP contribution in [0.25, 0.3) is 0 Å². The summed E-state index contributed by atoms with van der Waals surface area (Å²) in [4.78, 5) is 6.75. The van der Waals surface area contributed by atoms with Crippen LogP contribution in [0.4, 0.5) is 0 Å². The molecule has 0 nitrogen and oxygen atoms in total. The average molecular weight is 1880 g/mol. The molecular weight excluding hydrogens is 1640 g/mol. The molecule has 0 fully saturated rings. The maximum atomic E-state index is 2.68. The molecule has 121 heavy (non-hydrogen) atoms. The van der Waals surface area contributed by atoms with E-state index in [4.69, 9.17) is 0 Å². The van der Waals surface area contributed by atoms with Gasteiger partial charge in [-0.3, -0.25) is 0 Å². The molecule has 0 heterocycles. The molecule has 0 saturated heterocycles. The summed E-state index contributed by atoms with van der Waals surface area (Å²) in [5.74, 6) is 0. The van der Waals surface area contributed by atoms with E-state index in [0.29, 0.717) is 0 Å². The van der Waals surface area contributed by atoms with E-state index in [0.717, 1.165) is 0 Å². The van der Waals surface area contributed by atoms with E-state index in [1.807, 2.05) is 0 Å². The zero-order valence-electron chi connectivity index (χ0n) is 101. The second kappa shape index (κ2) is 34.9. The fourth-order valence-electron chi connectivity index (χ4n) is 43.0. The number of hydrogen-bond acceptors (Lipinski definition) is 0. The van der Waals surface area contributed by atoms with Crippen LogP contribution in [-0.4, -0.2) is 72.7 Å². The Morgan fingerprint density at radius 3 is 0.116 bits per heavy atom. The summed E-state index contributed by atoms with van der Waals surface area (Å²) in [5, 5.41) is 5.22. The Bertz CT molecular complexity index is 2260. The van der Waals surface area contributed by atoms with Crippen LogP contribution in [0.3, 0.4) is 0 Å². The Kier molecular flexibility index (Phi) is 37.5. The van der Waals surface area contributed by atoms with Crippen molar-refractivity contribution in [3.8, 4) is 0 Å². The SMILES string of the molecule is CC(C)(C)[Si]([C-]([Si](C(C)(C)C)(C(C)(C)C)C(C)(C)C)[Si](C(C)(C)C)(C(C)(C)C)C(C)(C)C)(C(C)(C)C)C(C)(C)C.CC(C)(C)[Si]([C-]([Si](C(C)(C)C)(C(C)(C)C)C(C)(C)C)[Si](C(C)(C)C)(C(C)(C)C)C(C)(C)C)(C(C)(C)C)C(C)(C)C.CC(C)(C)[Si]([C-]([Si](C(C)(C)C)(C(C)(C)C)C(C)(C)C)[Si](C(C)(C)C)(C(C)(C)C)C(C)(C)C)(C(C)(C)C)C(C)(C)C.[Cr+3]. The number of hydrogen-bond donors (Lipinski definition) is 0. The topological polar surface area (TPSA) is 0 Å². The summed E-state index contributed by atoms with van der Waals surface area (Å²) in [7, 11) is -21.8. The van der Waals surface area contributed by atoms with E-state index in [1.165, 1.54) is 0 Å². The standard InChI is InChI=1S/3C37H81Si3.Cr/c3*1-29(2,3)38(30(4,5)6,31(7,8)9)28(39(32(10,11)12,33(13,14)15)34(16,17)18)40(35(19,20)21,36(22,23)24)37(25,26)27;/h3*1-27H3;/q3*-1;+3. The van der Waals surface area contributed by atoms with E-state index in [9.17, 15) is 0 Å². The van der Waals surface area contributed by atoms with Crippen molar-refractivity contribution in [1.29, 1.82) is 0 Å². The Labute approximate surface area is 794 Å². The molecule has 0 rings (SSSR count). The van der Waals surface area contributed by atoms with Gasteiger partial charge in [0.2, 0.25) is 0 Å². The van der Waals surface area contributed by atoms with Gasteiger partial charge in [-0.15, -0.1) is 0 Å². The molecule has 10 heteroatoms. The van der Waals surface area contributed by atoms with Crippen LogP contribution in [0.5, 0.6) is 0 Å². The van der Waals surface area contributed by atoms with E-state index in [-0.39, 0.29) is 153 Å². The molecule has 0 N–H and O–H groups in total. The molecule has 0 aromatic rings. The van der Waals surface area contributed by atoms with Crippen molar-refractivity contribution in [3.05, 3.63) is 14.4 Å². The Hall–Kier alpha value is 2.48. The monoisotopic (exact) mass is 1880 g/mol. The van der Waals surface area contributed by atoms with Gasteiger partial charge in [0.15, 0.2) is 0 Å². The minimum atomic E-state index is -2.42. The third kappa shape index (κ3) is 19.8. The predicted octanol–water partition coefficient (Wildman–Crippen LogP) is 44.2. The first kappa shape index (κ1) is 130. The van der Waals surface area contributed by atoms with Crippen molar-refractivity contribution in [2.45, 2.75) is 697 Å². The summed E-state index contributed by atoms with van der Waals surface area (Å²) in [6.45, 7) is 217. The second-order valence-corrected chi connectivity index (χ2v) is 132. The van der Waals surface area contributed by atoms with Crippen molar-refractivity contribution < 1.29 is 17.4 Å². The van der Waals surface area contributed by atoms with Gasteiger partial charge in [-0.25, -0.2) is 0 Å². The molecule has 0 unspecified atom stereocenters. The first-order valence-electron chi connectivity index (χ1n) is 49.5. The zero-order valence-corrected chi connectivity index (χ0v) is 111. The summed E-state index contributed by atoms with van der Waals surface area (Å²) in [6.07, 6.45) is 0. The molecular formula is C111H243CrSi9. The summed E-state index contributed by atoms with van der Waals surface area (Å²) < 4.78 is 0. The second-order valence-electron chi connectivity index (χ2n) is 68.6. The third-order valence-corrected chi connectivity index (χ3v) is 122. The summed E-state index contributed by atoms with van der Waals surface area (Å²) >= 11 is 0. The quantitative estimate of drug-likeness (QED) is 0.159. The minimum Gasteiger partial charge on any atom is -0.304 e. The Balaban J connectivity index is -0.000000845. The molecule has 0 aliphatic carbocycles. The fourth-order valence-corrected chi connectivity index (χ4v) is 205. The van der Waals surface area contributed by atoms with Gasteiger partial charge in [-0.05, 0) is 0 Å². The van der Waals surface area contributed by atoms with Gasteiger partial charge in [0, 0.05) is 0 Å². The van der Waals surface area contributed by atoms with Crippen LogP contribution in [0.2, 0.25) is 136 Å². The van der Waals surface area contributed by atoms with Gasteiger partial charge in [0.1, 0.15) is 0 Å². The maximum absolute atomic E-state index is 2.68. The van der Waals surface area contributed by atoms with E-state index < -0.39 is 72.7 Å². The molecule has 0 aromatic carbocycles. The Morgan fingerprint density at radius 1 is 0.0744 bits per heavy atom. The summed E-state index contributed by atoms with van der Waals surface area (Å²) in [6, 6.07) is 0. The van der Waals surface area contributed by atoms with Crippen molar-refractivity contribution in [1.82, 2.24) is 0 Å². The number of rotatable bonds is 9. The normalized spacial score (nSPS) is 17.0. The van der Waals surface area contributed by atoms with Gasteiger partial charge < -0.3 is 14.4 Å². The van der Waals surface area contributed by atoms with Crippen LogP contribution >= 0.6 is 0 Å². The molecule has 0 spiro atoms. The van der Waals surface area contributed by atoms with Crippen molar-refractivity contribution in [2.24, 2.45) is 0 Å². The predicted molar refractivity (Wildman–Crippen MR) is 594 cm³/mol. The molecule has 1 radical (unpaired) electrons. The largest absolute Gasteiger partial charge is 3.00 e. The maximum Gasteiger partial charge on any atom is 3.00 e. The molecule has 729 valence electrons. The molecule has 0 aliphatic heterocycles. The molecule has 0 aliphatic rings. The Morgan fingerprint density at radius 2 is 0.0992 bits per heavy atom. The molecule has 0 saturated carbocycles. The molecule has 0 atom stereocenters. The average Bonchev–Trinajstić information content (AvgIpc) is 0.652. The van der Waals surface area contributed by atoms with E-state index in [2.05, 4.69) is 575 Å². The van der Waals surface area contributed by atoms with Crippen LogP contribution in [0.1, 0.15) is 561 Å². The van der Waals surface area contributed by atoms with Crippen LogP contribution < -0.4 is 0 Å². The van der Waals surface area contributed by atoms with Gasteiger partial charge >= 0.3 is 17.4 Å². The molecule has 0 aromatic heterocycles. The zero-order chi connectivity index (χ0) is 101. The minimum absolute atomic E-state index is 0. The van der Waals surface area contributed by atoms with Gasteiger partial charge in [0.05, 0.1) is 0 Å². The first-order valence-corrected chi connectivity index (χ1v) is 67.5. The van der Waals surface area contributed by atoms with E-state index >= 15 is 0 Å². The smallest absolute Gasteiger partial charge is 0.304 e. The van der Waals surface area contributed by atoms with Crippen LogP contribution in [0, 0.1) is 14.4 Å². The first-order chi connectivity index (χ1) is 49.8. The summed E-state index contributed by atoms with van der Waals surface area (Å²) in [5.41, 5.74) is 0. The van der Waals surface area contributed by atoms with Gasteiger partial charge in [-0.1, -0.05) is 770 Å². The van der Waals surface area contributed by atoms with Gasteiger partial charge in [-0.2, -0.15) is 0 Å². The van der Waals surface area contributed by atoms with Gasteiger partial charge in [0.25, 0.3) is 0 Å². The molecule has 0 bridgehead atoms. The van der Waals surface area contributed by atoms with Crippen molar-refractivity contribution in [2.75, 3.05) is 0 Å². The van der Waals surface area contributed by atoms with E-state index in [1.54, 1.807) is 0 Å². The van der Waals surface area contributed by atoms with Crippen LogP contribution in [0.15, 0.2) is 0 Å². The van der Waals surface area contributed by atoms with Crippen molar-refractivity contribution in [3.63, 3.8) is 0 Å². The third-order valence-electron chi connectivity index (χ3n) is 33.8.